The van der Waals surface area contributed by atoms with E-state index in [0.717, 1.165) is 11.3 Å². The predicted octanol–water partition coefficient (Wildman–Crippen LogP) is 3.18. The van der Waals surface area contributed by atoms with Crippen molar-refractivity contribution in [1.82, 2.24) is 0 Å². The minimum atomic E-state index is -0.960. The van der Waals surface area contributed by atoms with Gasteiger partial charge in [-0.15, -0.1) is 0 Å². The van der Waals surface area contributed by atoms with Gasteiger partial charge in [-0.2, -0.15) is 0 Å². The Morgan fingerprint density at radius 2 is 1.70 bits per heavy atom. The van der Waals surface area contributed by atoms with Gasteiger partial charge in [0.05, 0.1) is 11.7 Å². The molecule has 2 aromatic carbocycles. The van der Waals surface area contributed by atoms with Crippen molar-refractivity contribution in [2.45, 2.75) is 6.10 Å². The van der Waals surface area contributed by atoms with Crippen LogP contribution in [0.25, 0.3) is 0 Å². The quantitative estimate of drug-likeness (QED) is 0.791. The maximum absolute atomic E-state index is 10.7. The minimum Gasteiger partial charge on any atom is -0.478 e. The van der Waals surface area contributed by atoms with Crippen LogP contribution in [-0.4, -0.2) is 22.7 Å². The van der Waals surface area contributed by atoms with Gasteiger partial charge >= 0.3 is 5.97 Å². The van der Waals surface area contributed by atoms with Crippen molar-refractivity contribution in [2.24, 2.45) is 0 Å². The number of nitrogens with one attached hydrogen (secondary N) is 1. The highest BCUT2D eigenvalue weighted by molar-refractivity contribution is 6.30. The fourth-order valence-electron chi connectivity index (χ4n) is 1.75. The van der Waals surface area contributed by atoms with E-state index in [9.17, 15) is 9.90 Å². The van der Waals surface area contributed by atoms with Gasteiger partial charge in [0.25, 0.3) is 0 Å². The number of aromatic carboxylic acids is 1. The first-order chi connectivity index (χ1) is 9.56. The summed E-state index contributed by atoms with van der Waals surface area (Å²) in [4.78, 5) is 10.7. The molecule has 0 aliphatic heterocycles. The molecule has 4 nitrogen and oxygen atoms in total. The van der Waals surface area contributed by atoms with E-state index in [4.69, 9.17) is 16.7 Å². The maximum atomic E-state index is 10.7. The average Bonchev–Trinajstić information content (AvgIpc) is 2.46. The van der Waals surface area contributed by atoms with E-state index in [1.165, 1.54) is 12.1 Å². The molecule has 0 aliphatic rings. The lowest BCUT2D eigenvalue weighted by Gasteiger charge is -2.13. The number of rotatable bonds is 5. The van der Waals surface area contributed by atoms with Crippen LogP contribution in [0.15, 0.2) is 48.5 Å². The lowest BCUT2D eigenvalue weighted by Crippen LogP contribution is -2.12. The monoisotopic (exact) mass is 291 g/mol. The molecule has 0 spiro atoms. The highest BCUT2D eigenvalue weighted by atomic mass is 35.5. The zero-order chi connectivity index (χ0) is 14.5. The van der Waals surface area contributed by atoms with E-state index >= 15 is 0 Å². The number of aliphatic hydroxyl groups excluding tert-OH is 1. The van der Waals surface area contributed by atoms with Gasteiger partial charge in [0.15, 0.2) is 0 Å². The molecule has 5 heteroatoms. The summed E-state index contributed by atoms with van der Waals surface area (Å²) in [6, 6.07) is 13.3. The molecule has 3 N–H and O–H groups in total. The number of anilines is 1. The SMILES string of the molecule is O=C(O)c1ccc(NCC(O)c2ccc(Cl)cc2)cc1. The van der Waals surface area contributed by atoms with Gasteiger partial charge in [-0.25, -0.2) is 4.79 Å². The van der Waals surface area contributed by atoms with Crippen molar-refractivity contribution in [3.05, 3.63) is 64.7 Å². The van der Waals surface area contributed by atoms with Crippen molar-refractivity contribution in [3.8, 4) is 0 Å². The summed E-state index contributed by atoms with van der Waals surface area (Å²) in [5, 5.41) is 22.5. The second-order valence-electron chi connectivity index (χ2n) is 4.33. The summed E-state index contributed by atoms with van der Waals surface area (Å²) in [6.07, 6.45) is -0.661. The molecular weight excluding hydrogens is 278 g/mol. The van der Waals surface area contributed by atoms with E-state index in [1.807, 2.05) is 0 Å². The van der Waals surface area contributed by atoms with Crippen LogP contribution in [-0.2, 0) is 0 Å². The molecule has 0 radical (unpaired) electrons. The molecule has 104 valence electrons. The number of aliphatic hydroxyl groups is 1. The number of halogens is 1. The lowest BCUT2D eigenvalue weighted by atomic mass is 10.1. The molecule has 0 amide bonds. The predicted molar refractivity (Wildman–Crippen MR) is 78.3 cm³/mol. The smallest absolute Gasteiger partial charge is 0.335 e. The molecule has 2 aromatic rings. The number of benzene rings is 2. The zero-order valence-electron chi connectivity index (χ0n) is 10.6. The van der Waals surface area contributed by atoms with Gasteiger partial charge in [0.1, 0.15) is 0 Å². The second kappa shape index (κ2) is 6.41. The van der Waals surface area contributed by atoms with Gasteiger partial charge in [0, 0.05) is 17.3 Å². The normalized spacial score (nSPS) is 11.9. The number of carboxylic acid groups (broad SMARTS) is 1. The standard InChI is InChI=1S/C15H14ClNO3/c16-12-5-1-10(2-6-12)14(18)9-17-13-7-3-11(4-8-13)15(19)20/h1-8,14,17-18H,9H2,(H,19,20). The molecular formula is C15H14ClNO3. The fraction of sp³-hybridized carbons (Fsp3) is 0.133. The van der Waals surface area contributed by atoms with E-state index in [2.05, 4.69) is 5.32 Å². The highest BCUT2D eigenvalue weighted by Crippen LogP contribution is 2.17. The van der Waals surface area contributed by atoms with Crippen molar-refractivity contribution in [2.75, 3.05) is 11.9 Å². The number of hydrogen-bond acceptors (Lipinski definition) is 3. The summed E-state index contributed by atoms with van der Waals surface area (Å²) in [5.74, 6) is -0.960. The molecule has 0 aromatic heterocycles. The third-order valence-electron chi connectivity index (χ3n) is 2.89. The molecule has 0 saturated heterocycles. The number of carbonyl (C=O) groups is 1. The maximum Gasteiger partial charge on any atom is 0.335 e. The number of carboxylic acids is 1. The van der Waals surface area contributed by atoms with Crippen molar-refractivity contribution >= 4 is 23.3 Å². The van der Waals surface area contributed by atoms with Crippen LogP contribution in [0.5, 0.6) is 0 Å². The molecule has 1 atom stereocenters. The van der Waals surface area contributed by atoms with Gasteiger partial charge in [-0.1, -0.05) is 23.7 Å². The number of hydrogen-bond donors (Lipinski definition) is 3. The fourth-order valence-corrected chi connectivity index (χ4v) is 1.87. The van der Waals surface area contributed by atoms with Crippen molar-refractivity contribution in [1.29, 1.82) is 0 Å². The highest BCUT2D eigenvalue weighted by Gasteiger charge is 2.07. The Bertz CT molecular complexity index is 581. The summed E-state index contributed by atoms with van der Waals surface area (Å²) in [5.41, 5.74) is 1.75. The zero-order valence-corrected chi connectivity index (χ0v) is 11.3. The largest absolute Gasteiger partial charge is 0.478 e. The summed E-state index contributed by atoms with van der Waals surface area (Å²) < 4.78 is 0. The van der Waals surface area contributed by atoms with Gasteiger partial charge < -0.3 is 15.5 Å². The molecule has 0 bridgehead atoms. The van der Waals surface area contributed by atoms with Crippen LogP contribution in [0.2, 0.25) is 5.02 Å². The minimum absolute atomic E-state index is 0.230. The van der Waals surface area contributed by atoms with Crippen molar-refractivity contribution < 1.29 is 15.0 Å². The molecule has 0 saturated carbocycles. The molecule has 0 heterocycles. The summed E-state index contributed by atoms with van der Waals surface area (Å²) in [7, 11) is 0. The first-order valence-electron chi connectivity index (χ1n) is 6.07. The summed E-state index contributed by atoms with van der Waals surface area (Å²) >= 11 is 5.78. The van der Waals surface area contributed by atoms with E-state index in [0.29, 0.717) is 11.6 Å². The van der Waals surface area contributed by atoms with Crippen LogP contribution < -0.4 is 5.32 Å². The van der Waals surface area contributed by atoms with Crippen molar-refractivity contribution in [3.63, 3.8) is 0 Å². The Morgan fingerprint density at radius 3 is 2.25 bits per heavy atom. The van der Waals surface area contributed by atoms with E-state index in [1.54, 1.807) is 36.4 Å². The molecule has 0 fully saturated rings. The van der Waals surface area contributed by atoms with Crippen LogP contribution in [0.3, 0.4) is 0 Å². The third kappa shape index (κ3) is 3.73. The first-order valence-corrected chi connectivity index (χ1v) is 6.45. The molecule has 2 rings (SSSR count). The molecule has 20 heavy (non-hydrogen) atoms. The molecule has 0 aliphatic carbocycles. The molecule has 1 unspecified atom stereocenters. The lowest BCUT2D eigenvalue weighted by molar-refractivity contribution is 0.0697. The third-order valence-corrected chi connectivity index (χ3v) is 3.14. The second-order valence-corrected chi connectivity index (χ2v) is 4.77. The van der Waals surface area contributed by atoms with Gasteiger partial charge in [-0.3, -0.25) is 0 Å². The van der Waals surface area contributed by atoms with Crippen LogP contribution in [0, 0.1) is 0 Å². The Balaban J connectivity index is 1.94. The van der Waals surface area contributed by atoms with E-state index < -0.39 is 12.1 Å². The van der Waals surface area contributed by atoms with Crippen LogP contribution in [0.1, 0.15) is 22.0 Å². The Kier molecular flexibility index (Phi) is 4.61. The van der Waals surface area contributed by atoms with Gasteiger partial charge in [-0.05, 0) is 42.0 Å². The Morgan fingerprint density at radius 1 is 1.10 bits per heavy atom. The Labute approximate surface area is 121 Å². The summed E-state index contributed by atoms with van der Waals surface area (Å²) in [6.45, 7) is 0.327. The van der Waals surface area contributed by atoms with Gasteiger partial charge in [0.2, 0.25) is 0 Å². The Hall–Kier alpha value is -2.04. The average molecular weight is 292 g/mol. The van der Waals surface area contributed by atoms with Crippen LogP contribution >= 0.6 is 11.6 Å². The van der Waals surface area contributed by atoms with E-state index in [-0.39, 0.29) is 5.56 Å². The van der Waals surface area contributed by atoms with Crippen LogP contribution in [0.4, 0.5) is 5.69 Å². The topological polar surface area (TPSA) is 69.6 Å². The first kappa shape index (κ1) is 14.4.